The second-order valence-corrected chi connectivity index (χ2v) is 19.5. The normalized spacial score (nSPS) is 24.1. The first-order chi connectivity index (χ1) is 25.5. The molecule has 1 heterocycles. The third kappa shape index (κ3) is 9.32. The van der Waals surface area contributed by atoms with Crippen LogP contribution >= 0.6 is 0 Å². The van der Waals surface area contributed by atoms with Gasteiger partial charge in [0.05, 0.1) is 29.7 Å². The quantitative estimate of drug-likeness (QED) is 0.164. The zero-order valence-electron chi connectivity index (χ0n) is 34.0. The molecule has 0 aromatic heterocycles. The van der Waals surface area contributed by atoms with Crippen molar-refractivity contribution in [1.29, 1.82) is 0 Å². The number of para-hydroxylation sites is 1. The first-order valence-corrected chi connectivity index (χ1v) is 20.6. The molecule has 4 fully saturated rings. The smallest absolute Gasteiger partial charge is 0.482 e. The molecule has 1 aliphatic heterocycles. The lowest BCUT2D eigenvalue weighted by molar-refractivity contribution is -0.199. The Bertz CT molecular complexity index is 1860. The summed E-state index contributed by atoms with van der Waals surface area (Å²) in [5.74, 6) is -0.981. The first-order valence-electron chi connectivity index (χ1n) is 19.1. The molecule has 2 bridgehead atoms. The fraction of sp³-hybridized carbons (Fsp3) is 0.625. The molecular formula is C40H58BN3O10S. The molecule has 3 N–H and O–H groups in total. The van der Waals surface area contributed by atoms with Crippen molar-refractivity contribution in [1.82, 2.24) is 15.4 Å². The van der Waals surface area contributed by atoms with E-state index in [0.29, 0.717) is 23.5 Å². The van der Waals surface area contributed by atoms with Crippen LogP contribution in [0.15, 0.2) is 47.4 Å². The number of alkyl carbamates (subject to hydrolysis) is 1. The van der Waals surface area contributed by atoms with Crippen LogP contribution in [0, 0.1) is 17.3 Å². The van der Waals surface area contributed by atoms with Gasteiger partial charge in [-0.15, -0.1) is 0 Å². The molecular weight excluding hydrogens is 725 g/mol. The van der Waals surface area contributed by atoms with E-state index in [2.05, 4.69) is 36.1 Å². The fourth-order valence-electron chi connectivity index (χ4n) is 8.15. The van der Waals surface area contributed by atoms with Gasteiger partial charge in [-0.1, -0.05) is 45.0 Å². The zero-order chi connectivity index (χ0) is 40.7. The Morgan fingerprint density at radius 1 is 0.945 bits per heavy atom. The van der Waals surface area contributed by atoms with Crippen LogP contribution in [0.1, 0.15) is 116 Å². The van der Waals surface area contributed by atoms with Crippen molar-refractivity contribution in [3.05, 3.63) is 59.2 Å². The Labute approximate surface area is 326 Å². The van der Waals surface area contributed by atoms with Gasteiger partial charge in [0.25, 0.3) is 0 Å². The number of hydrogen-bond donors (Lipinski definition) is 3. The number of ether oxygens (including phenoxy) is 3. The SMILES string of the molecule is CCCNS(=O)(=O)c1ccc(C(NC(=O)OC(C)(C)C)C(=O)N[C@@H](Cc2cccc(C(=O)OC(C)(C)C)c2OC)B2O[C@@H]3C[C@@H]4C[C@@H](C4(C)C)[C@]3(C)O2)cc1. The van der Waals surface area contributed by atoms with Crippen LogP contribution in [-0.4, -0.2) is 76.0 Å². The number of hydrogen-bond acceptors (Lipinski definition) is 10. The van der Waals surface area contributed by atoms with E-state index in [9.17, 15) is 22.8 Å². The molecule has 4 aliphatic rings. The van der Waals surface area contributed by atoms with E-state index in [1.54, 1.807) is 59.7 Å². The molecule has 6 rings (SSSR count). The Morgan fingerprint density at radius 2 is 1.60 bits per heavy atom. The maximum Gasteiger partial charge on any atom is 0.482 e. The minimum absolute atomic E-state index is 0.0147. The lowest BCUT2D eigenvalue weighted by atomic mass is 9.43. The summed E-state index contributed by atoms with van der Waals surface area (Å²) in [7, 11) is -3.22. The zero-order valence-corrected chi connectivity index (χ0v) is 34.8. The van der Waals surface area contributed by atoms with Crippen LogP contribution in [-0.2, 0) is 40.0 Å². The van der Waals surface area contributed by atoms with E-state index < -0.39 is 63.9 Å². The Kier molecular flexibility index (Phi) is 12.1. The average molecular weight is 784 g/mol. The molecule has 0 radical (unpaired) electrons. The molecule has 2 aromatic carbocycles. The van der Waals surface area contributed by atoms with Crippen molar-refractivity contribution >= 4 is 35.1 Å². The van der Waals surface area contributed by atoms with Crippen molar-refractivity contribution in [2.24, 2.45) is 17.3 Å². The third-order valence-corrected chi connectivity index (χ3v) is 12.5. The largest absolute Gasteiger partial charge is 0.496 e. The van der Waals surface area contributed by atoms with Crippen LogP contribution < -0.4 is 20.1 Å². The molecule has 3 saturated carbocycles. The van der Waals surface area contributed by atoms with Crippen molar-refractivity contribution in [2.75, 3.05) is 13.7 Å². The predicted molar refractivity (Wildman–Crippen MR) is 208 cm³/mol. The van der Waals surface area contributed by atoms with Crippen LogP contribution in [0.5, 0.6) is 5.75 Å². The summed E-state index contributed by atoms with van der Waals surface area (Å²) < 4.78 is 58.8. The van der Waals surface area contributed by atoms with Gasteiger partial charge < -0.3 is 34.2 Å². The minimum atomic E-state index is -3.79. The highest BCUT2D eigenvalue weighted by atomic mass is 32.2. The van der Waals surface area contributed by atoms with E-state index in [-0.39, 0.29) is 46.6 Å². The van der Waals surface area contributed by atoms with Gasteiger partial charge in [-0.3, -0.25) is 4.79 Å². The molecule has 1 saturated heterocycles. The molecule has 13 nitrogen and oxygen atoms in total. The van der Waals surface area contributed by atoms with Crippen LogP contribution in [0.3, 0.4) is 0 Å². The van der Waals surface area contributed by atoms with E-state index in [4.69, 9.17) is 23.5 Å². The van der Waals surface area contributed by atoms with Gasteiger partial charge in [-0.2, -0.15) is 0 Å². The summed E-state index contributed by atoms with van der Waals surface area (Å²) in [6, 6.07) is 9.59. The van der Waals surface area contributed by atoms with E-state index in [1.807, 2.05) is 6.92 Å². The van der Waals surface area contributed by atoms with Gasteiger partial charge in [0.1, 0.15) is 28.6 Å². The summed E-state index contributed by atoms with van der Waals surface area (Å²) >= 11 is 0. The third-order valence-electron chi connectivity index (χ3n) is 11.0. The number of esters is 1. The standard InChI is InChI=1S/C40H58BN3O10S/c1-12-20-42-55(48,49)27-18-16-24(17-19-27)32(44-36(47)52-38(5,6)7)34(45)43-31(41-53-30-23-26-22-29(39(26,8)9)40(30,10)54-41)21-25-14-13-15-28(33(25)50-11)35(46)51-37(2,3)4/h13-19,26,29-32,42H,12,20-23H2,1-11H3,(H,43,45)(H,44,47)/t26-,29-,30+,31-,32?,40-/m0/s1. The molecule has 1 unspecified atom stereocenters. The Morgan fingerprint density at radius 3 is 2.18 bits per heavy atom. The van der Waals surface area contributed by atoms with Crippen molar-refractivity contribution < 1.29 is 46.3 Å². The topological polar surface area (TPSA) is 168 Å². The van der Waals surface area contributed by atoms with Crippen molar-refractivity contribution in [2.45, 2.75) is 135 Å². The van der Waals surface area contributed by atoms with Gasteiger partial charge in [0.2, 0.25) is 15.9 Å². The number of benzene rings is 2. The molecule has 0 spiro atoms. The van der Waals surface area contributed by atoms with E-state index >= 15 is 0 Å². The summed E-state index contributed by atoms with van der Waals surface area (Å²) in [4.78, 5) is 41.1. The van der Waals surface area contributed by atoms with Gasteiger partial charge >= 0.3 is 19.2 Å². The van der Waals surface area contributed by atoms with Gasteiger partial charge in [0.15, 0.2) is 0 Å². The number of methoxy groups -OCH3 is 1. The maximum absolute atomic E-state index is 14.6. The number of rotatable bonds is 13. The van der Waals surface area contributed by atoms with Crippen LogP contribution in [0.2, 0.25) is 0 Å². The van der Waals surface area contributed by atoms with E-state index in [1.165, 1.54) is 31.4 Å². The summed E-state index contributed by atoms with van der Waals surface area (Å²) in [5.41, 5.74) is -1.000. The van der Waals surface area contributed by atoms with Crippen molar-refractivity contribution in [3.63, 3.8) is 0 Å². The Balaban J connectivity index is 1.51. The van der Waals surface area contributed by atoms with Gasteiger partial charge in [0, 0.05) is 6.54 Å². The minimum Gasteiger partial charge on any atom is -0.496 e. The highest BCUT2D eigenvalue weighted by Gasteiger charge is 2.68. The predicted octanol–water partition coefficient (Wildman–Crippen LogP) is 5.90. The lowest BCUT2D eigenvalue weighted by Gasteiger charge is -2.64. The molecule has 15 heteroatoms. The Hall–Kier alpha value is -3.66. The number of carbonyl (C=O) groups is 3. The van der Waals surface area contributed by atoms with Gasteiger partial charge in [-0.05, 0) is 121 Å². The fourth-order valence-corrected chi connectivity index (χ4v) is 9.29. The van der Waals surface area contributed by atoms with E-state index in [0.717, 1.165) is 12.8 Å². The van der Waals surface area contributed by atoms with Crippen molar-refractivity contribution in [3.8, 4) is 5.75 Å². The molecule has 302 valence electrons. The summed E-state index contributed by atoms with van der Waals surface area (Å²) in [5, 5.41) is 5.79. The molecule has 55 heavy (non-hydrogen) atoms. The highest BCUT2D eigenvalue weighted by molar-refractivity contribution is 7.89. The molecule has 6 atom stereocenters. The number of amides is 2. The highest BCUT2D eigenvalue weighted by Crippen LogP contribution is 2.65. The summed E-state index contributed by atoms with van der Waals surface area (Å²) in [6.07, 6.45) is 1.54. The lowest BCUT2D eigenvalue weighted by Crippen LogP contribution is -2.65. The number of sulfonamides is 1. The van der Waals surface area contributed by atoms with Crippen LogP contribution in [0.25, 0.3) is 0 Å². The van der Waals surface area contributed by atoms with Crippen LogP contribution in [0.4, 0.5) is 4.79 Å². The molecule has 2 aromatic rings. The first kappa shape index (κ1) is 42.5. The number of nitrogens with one attached hydrogen (secondary N) is 3. The second-order valence-electron chi connectivity index (χ2n) is 17.7. The monoisotopic (exact) mass is 783 g/mol. The second kappa shape index (κ2) is 15.7. The molecule has 3 aliphatic carbocycles. The number of carbonyl (C=O) groups excluding carboxylic acids is 3. The molecule has 2 amide bonds. The summed E-state index contributed by atoms with van der Waals surface area (Å²) in [6.45, 7) is 19.2. The van der Waals surface area contributed by atoms with Gasteiger partial charge in [-0.25, -0.2) is 22.7 Å². The average Bonchev–Trinajstić information content (AvgIpc) is 3.45. The maximum atomic E-state index is 14.6.